The number of benzene rings is 2. The quantitative estimate of drug-likeness (QED) is 0.688. The molecule has 1 amide bonds. The third kappa shape index (κ3) is 3.33. The molecule has 0 aliphatic heterocycles. The number of carbonyl (C=O) groups is 1. The first-order valence-electron chi connectivity index (χ1n) is 5.83. The van der Waals surface area contributed by atoms with Crippen LogP contribution < -0.4 is 15.8 Å². The van der Waals surface area contributed by atoms with E-state index in [2.05, 4.69) is 37.2 Å². The van der Waals surface area contributed by atoms with Gasteiger partial charge in [-0.2, -0.15) is 0 Å². The molecule has 0 aliphatic carbocycles. The van der Waals surface area contributed by atoms with E-state index in [1.165, 1.54) is 7.11 Å². The fraction of sp³-hybridized carbons (Fsp3) is 0.0714. The summed E-state index contributed by atoms with van der Waals surface area (Å²) in [4.78, 5) is 12.3. The van der Waals surface area contributed by atoms with Gasteiger partial charge in [-0.15, -0.1) is 0 Å². The predicted molar refractivity (Wildman–Crippen MR) is 92.2 cm³/mol. The van der Waals surface area contributed by atoms with Crippen LogP contribution in [-0.4, -0.2) is 13.0 Å². The molecular formula is C14H11Br2ClN2O2. The largest absolute Gasteiger partial charge is 0.493 e. The molecule has 2 aromatic rings. The first-order chi connectivity index (χ1) is 9.95. The Morgan fingerprint density at radius 2 is 2.00 bits per heavy atom. The number of hydrogen-bond acceptors (Lipinski definition) is 3. The molecule has 0 aromatic heterocycles. The number of rotatable bonds is 3. The molecule has 0 radical (unpaired) electrons. The molecule has 0 aliphatic rings. The minimum absolute atomic E-state index is 0.331. The van der Waals surface area contributed by atoms with Gasteiger partial charge in [0, 0.05) is 4.47 Å². The number of halogens is 3. The zero-order valence-electron chi connectivity index (χ0n) is 10.9. The zero-order chi connectivity index (χ0) is 15.6. The number of nitrogen functional groups attached to an aromatic ring is 1. The average molecular weight is 435 g/mol. The predicted octanol–water partition coefficient (Wildman–Crippen LogP) is 4.71. The fourth-order valence-electron chi connectivity index (χ4n) is 1.74. The first kappa shape index (κ1) is 16.1. The molecule has 21 heavy (non-hydrogen) atoms. The standard InChI is InChI=1S/C14H11Br2ClN2O2/c1-21-13-10(6-8(15)12(18)11(13)16)19-14(20)7-4-2-3-5-9(7)17/h2-6H,18H2,1H3,(H,19,20). The van der Waals surface area contributed by atoms with Crippen molar-refractivity contribution in [2.24, 2.45) is 0 Å². The van der Waals surface area contributed by atoms with Gasteiger partial charge in [-0.25, -0.2) is 0 Å². The number of nitrogens with one attached hydrogen (secondary N) is 1. The summed E-state index contributed by atoms with van der Waals surface area (Å²) < 4.78 is 6.49. The van der Waals surface area contributed by atoms with Gasteiger partial charge in [-0.05, 0) is 50.1 Å². The van der Waals surface area contributed by atoms with Crippen molar-refractivity contribution in [1.29, 1.82) is 0 Å². The molecule has 0 spiro atoms. The third-order valence-corrected chi connectivity index (χ3v) is 4.55. The van der Waals surface area contributed by atoms with Gasteiger partial charge in [0.1, 0.15) is 0 Å². The van der Waals surface area contributed by atoms with Crippen molar-refractivity contribution >= 4 is 60.7 Å². The lowest BCUT2D eigenvalue weighted by atomic mass is 10.2. The summed E-state index contributed by atoms with van der Waals surface area (Å²) in [5, 5.41) is 3.14. The maximum absolute atomic E-state index is 12.3. The van der Waals surface area contributed by atoms with Gasteiger partial charge in [0.05, 0.1) is 33.5 Å². The highest BCUT2D eigenvalue weighted by molar-refractivity contribution is 9.11. The van der Waals surface area contributed by atoms with Crippen molar-refractivity contribution in [2.45, 2.75) is 0 Å². The number of carbonyl (C=O) groups excluding carboxylic acids is 1. The van der Waals surface area contributed by atoms with Crippen molar-refractivity contribution in [3.63, 3.8) is 0 Å². The van der Waals surface area contributed by atoms with Crippen molar-refractivity contribution in [1.82, 2.24) is 0 Å². The summed E-state index contributed by atoms with van der Waals surface area (Å²) in [5.41, 5.74) is 7.24. The Kier molecular flexibility index (Phi) is 5.13. The molecule has 110 valence electrons. The number of hydrogen-bond donors (Lipinski definition) is 2. The zero-order valence-corrected chi connectivity index (χ0v) is 14.8. The van der Waals surface area contributed by atoms with Gasteiger partial charge < -0.3 is 15.8 Å². The van der Waals surface area contributed by atoms with Gasteiger partial charge in [-0.3, -0.25) is 4.79 Å². The van der Waals surface area contributed by atoms with Crippen LogP contribution in [0.5, 0.6) is 5.75 Å². The van der Waals surface area contributed by atoms with Gasteiger partial charge in [0.15, 0.2) is 5.75 Å². The van der Waals surface area contributed by atoms with Crippen LogP contribution in [0.4, 0.5) is 11.4 Å². The highest BCUT2D eigenvalue weighted by atomic mass is 79.9. The molecular weight excluding hydrogens is 423 g/mol. The number of nitrogens with two attached hydrogens (primary N) is 1. The molecule has 3 N–H and O–H groups in total. The van der Waals surface area contributed by atoms with Gasteiger partial charge >= 0.3 is 0 Å². The number of ether oxygens (including phenoxy) is 1. The maximum atomic E-state index is 12.3. The van der Waals surface area contributed by atoms with Crippen molar-refractivity contribution in [2.75, 3.05) is 18.2 Å². The van der Waals surface area contributed by atoms with E-state index in [1.807, 2.05) is 0 Å². The van der Waals surface area contributed by atoms with Crippen LogP contribution in [0.3, 0.4) is 0 Å². The molecule has 0 fully saturated rings. The molecule has 2 rings (SSSR count). The fourth-order valence-corrected chi connectivity index (χ4v) is 3.25. The molecule has 0 saturated heterocycles. The third-order valence-electron chi connectivity index (χ3n) is 2.78. The SMILES string of the molecule is COc1c(NC(=O)c2ccccc2Cl)cc(Br)c(N)c1Br. The summed E-state index contributed by atoms with van der Waals surface area (Å²) in [6.45, 7) is 0. The van der Waals surface area contributed by atoms with E-state index in [1.54, 1.807) is 30.3 Å². The second kappa shape index (κ2) is 6.68. The number of methoxy groups -OCH3 is 1. The van der Waals surface area contributed by atoms with Crippen LogP contribution in [-0.2, 0) is 0 Å². The highest BCUT2D eigenvalue weighted by Crippen LogP contribution is 2.42. The van der Waals surface area contributed by atoms with Crippen molar-refractivity contribution in [3.05, 3.63) is 49.9 Å². The Bertz CT molecular complexity index is 708. The van der Waals surface area contributed by atoms with Crippen LogP contribution >= 0.6 is 43.5 Å². The van der Waals surface area contributed by atoms with E-state index in [4.69, 9.17) is 22.1 Å². The topological polar surface area (TPSA) is 64.3 Å². The van der Waals surface area contributed by atoms with Crippen LogP contribution in [0.15, 0.2) is 39.3 Å². The monoisotopic (exact) mass is 432 g/mol. The van der Waals surface area contributed by atoms with Crippen molar-refractivity contribution in [3.8, 4) is 5.75 Å². The Balaban J connectivity index is 2.40. The molecule has 0 heterocycles. The van der Waals surface area contributed by atoms with Gasteiger partial charge in [0.2, 0.25) is 0 Å². The number of amides is 1. The summed E-state index contributed by atoms with van der Waals surface area (Å²) in [6.07, 6.45) is 0. The Hall–Kier alpha value is -1.24. The smallest absolute Gasteiger partial charge is 0.257 e. The normalized spacial score (nSPS) is 10.3. The average Bonchev–Trinajstić information content (AvgIpc) is 2.45. The maximum Gasteiger partial charge on any atom is 0.257 e. The lowest BCUT2D eigenvalue weighted by molar-refractivity contribution is 0.102. The van der Waals surface area contributed by atoms with Gasteiger partial charge in [-0.1, -0.05) is 23.7 Å². The van der Waals surface area contributed by atoms with Crippen LogP contribution in [0, 0.1) is 0 Å². The Morgan fingerprint density at radius 3 is 2.62 bits per heavy atom. The molecule has 4 nitrogen and oxygen atoms in total. The molecule has 7 heteroatoms. The highest BCUT2D eigenvalue weighted by Gasteiger charge is 2.17. The second-order valence-electron chi connectivity index (χ2n) is 4.10. The molecule has 0 unspecified atom stereocenters. The van der Waals surface area contributed by atoms with E-state index >= 15 is 0 Å². The second-order valence-corrected chi connectivity index (χ2v) is 6.16. The minimum Gasteiger partial charge on any atom is -0.493 e. The Labute approximate surface area is 143 Å². The van der Waals surface area contributed by atoms with E-state index in [0.29, 0.717) is 36.7 Å². The summed E-state index contributed by atoms with van der Waals surface area (Å²) in [5.74, 6) is 0.110. The lowest BCUT2D eigenvalue weighted by Gasteiger charge is -2.15. The molecule has 0 atom stereocenters. The summed E-state index contributed by atoms with van der Waals surface area (Å²) in [7, 11) is 1.50. The van der Waals surface area contributed by atoms with E-state index < -0.39 is 0 Å². The minimum atomic E-state index is -0.331. The number of anilines is 2. The van der Waals surface area contributed by atoms with Crippen LogP contribution in [0.25, 0.3) is 0 Å². The van der Waals surface area contributed by atoms with E-state index in [-0.39, 0.29) is 5.91 Å². The molecule has 0 bridgehead atoms. The van der Waals surface area contributed by atoms with Crippen LogP contribution in [0.2, 0.25) is 5.02 Å². The molecule has 2 aromatic carbocycles. The van der Waals surface area contributed by atoms with Crippen LogP contribution in [0.1, 0.15) is 10.4 Å². The summed E-state index contributed by atoms with van der Waals surface area (Å²) in [6, 6.07) is 8.48. The van der Waals surface area contributed by atoms with E-state index in [9.17, 15) is 4.79 Å². The molecule has 0 saturated carbocycles. The van der Waals surface area contributed by atoms with Crippen molar-refractivity contribution < 1.29 is 9.53 Å². The van der Waals surface area contributed by atoms with Gasteiger partial charge in [0.25, 0.3) is 5.91 Å². The summed E-state index contributed by atoms with van der Waals surface area (Å²) >= 11 is 12.7. The first-order valence-corrected chi connectivity index (χ1v) is 7.79. The van der Waals surface area contributed by atoms with E-state index in [0.717, 1.165) is 0 Å². The Morgan fingerprint density at radius 1 is 1.33 bits per heavy atom. The lowest BCUT2D eigenvalue weighted by Crippen LogP contribution is -2.13.